The standard InChI is InChI=1S/C20H19FN4O2/c1-13-3-9-18(27-2)17(11-13)23-20(26)16-8-10-19(25-24-16)22-12-14-4-6-15(21)7-5-14/h3-11H,12H2,1-2H3,(H,22,25)(H,23,26). The fourth-order valence-electron chi connectivity index (χ4n) is 2.45. The number of carbonyl (C=O) groups is 1. The number of rotatable bonds is 6. The van der Waals surface area contributed by atoms with Crippen molar-refractivity contribution in [2.45, 2.75) is 13.5 Å². The predicted octanol–water partition coefficient (Wildman–Crippen LogP) is 3.80. The fraction of sp³-hybridized carbons (Fsp3) is 0.150. The Morgan fingerprint density at radius 3 is 2.52 bits per heavy atom. The third-order valence-corrected chi connectivity index (χ3v) is 3.89. The molecule has 3 rings (SSSR count). The molecule has 0 aliphatic heterocycles. The average molecular weight is 366 g/mol. The zero-order chi connectivity index (χ0) is 19.2. The number of nitrogens with one attached hydrogen (secondary N) is 2. The molecule has 2 N–H and O–H groups in total. The van der Waals surface area contributed by atoms with Gasteiger partial charge in [-0.15, -0.1) is 10.2 Å². The van der Waals surface area contributed by atoms with Crippen molar-refractivity contribution in [3.8, 4) is 5.75 Å². The molecule has 1 aromatic heterocycles. The van der Waals surface area contributed by atoms with Gasteiger partial charge in [-0.3, -0.25) is 4.79 Å². The van der Waals surface area contributed by atoms with Gasteiger partial charge in [-0.25, -0.2) is 4.39 Å². The number of ether oxygens (including phenoxy) is 1. The summed E-state index contributed by atoms with van der Waals surface area (Å²) in [6.45, 7) is 2.40. The second kappa shape index (κ2) is 8.27. The number of halogens is 1. The van der Waals surface area contributed by atoms with Gasteiger partial charge >= 0.3 is 0 Å². The minimum absolute atomic E-state index is 0.186. The summed E-state index contributed by atoms with van der Waals surface area (Å²) in [5.41, 5.74) is 2.66. The fourth-order valence-corrected chi connectivity index (χ4v) is 2.45. The highest BCUT2D eigenvalue weighted by Crippen LogP contribution is 2.25. The molecule has 0 bridgehead atoms. The van der Waals surface area contributed by atoms with Crippen LogP contribution in [0.3, 0.4) is 0 Å². The molecular weight excluding hydrogens is 347 g/mol. The van der Waals surface area contributed by atoms with Crippen molar-refractivity contribution in [3.05, 3.63) is 77.2 Å². The molecule has 1 amide bonds. The van der Waals surface area contributed by atoms with E-state index in [2.05, 4.69) is 20.8 Å². The second-order valence-corrected chi connectivity index (χ2v) is 5.94. The van der Waals surface area contributed by atoms with Crippen LogP contribution < -0.4 is 15.4 Å². The van der Waals surface area contributed by atoms with E-state index in [1.165, 1.54) is 12.1 Å². The van der Waals surface area contributed by atoms with Gasteiger partial charge in [0.25, 0.3) is 5.91 Å². The number of methoxy groups -OCH3 is 1. The summed E-state index contributed by atoms with van der Waals surface area (Å²) in [6.07, 6.45) is 0. The van der Waals surface area contributed by atoms with Crippen LogP contribution in [0.1, 0.15) is 21.6 Å². The van der Waals surface area contributed by atoms with E-state index in [9.17, 15) is 9.18 Å². The maximum absolute atomic E-state index is 12.9. The number of hydrogen-bond acceptors (Lipinski definition) is 5. The minimum Gasteiger partial charge on any atom is -0.495 e. The Morgan fingerprint density at radius 2 is 1.85 bits per heavy atom. The van der Waals surface area contributed by atoms with Gasteiger partial charge in [-0.1, -0.05) is 18.2 Å². The van der Waals surface area contributed by atoms with Crippen molar-refractivity contribution in [1.29, 1.82) is 0 Å². The SMILES string of the molecule is COc1ccc(C)cc1NC(=O)c1ccc(NCc2ccc(F)cc2)nn1. The number of carbonyl (C=O) groups excluding carboxylic acids is 1. The van der Waals surface area contributed by atoms with Crippen molar-refractivity contribution >= 4 is 17.4 Å². The van der Waals surface area contributed by atoms with Gasteiger partial charge in [0, 0.05) is 6.54 Å². The van der Waals surface area contributed by atoms with Crippen molar-refractivity contribution in [3.63, 3.8) is 0 Å². The lowest BCUT2D eigenvalue weighted by Crippen LogP contribution is -2.15. The van der Waals surface area contributed by atoms with Crippen molar-refractivity contribution in [1.82, 2.24) is 10.2 Å². The van der Waals surface area contributed by atoms with E-state index >= 15 is 0 Å². The zero-order valence-corrected chi connectivity index (χ0v) is 15.0. The number of amides is 1. The molecule has 0 unspecified atom stereocenters. The number of nitrogens with zero attached hydrogens (tertiary/aromatic N) is 2. The van der Waals surface area contributed by atoms with Gasteiger partial charge in [0.1, 0.15) is 17.4 Å². The summed E-state index contributed by atoms with van der Waals surface area (Å²) in [7, 11) is 1.54. The van der Waals surface area contributed by atoms with E-state index < -0.39 is 0 Å². The Kier molecular flexibility index (Phi) is 5.61. The predicted molar refractivity (Wildman–Crippen MR) is 101 cm³/mol. The lowest BCUT2D eigenvalue weighted by molar-refractivity contribution is 0.102. The molecular formula is C20H19FN4O2. The van der Waals surface area contributed by atoms with Crippen LogP contribution in [0.5, 0.6) is 5.75 Å². The first-order valence-corrected chi connectivity index (χ1v) is 8.33. The highest BCUT2D eigenvalue weighted by atomic mass is 19.1. The van der Waals surface area contributed by atoms with Gasteiger partial charge in [0.05, 0.1) is 12.8 Å². The number of anilines is 2. The summed E-state index contributed by atoms with van der Waals surface area (Å²) in [4.78, 5) is 12.4. The molecule has 0 fully saturated rings. The van der Waals surface area contributed by atoms with Gasteiger partial charge in [0.2, 0.25) is 0 Å². The Hall–Kier alpha value is -3.48. The summed E-state index contributed by atoms with van der Waals surface area (Å²) >= 11 is 0. The number of aromatic nitrogens is 2. The van der Waals surface area contributed by atoms with E-state index in [1.807, 2.05) is 19.1 Å². The quantitative estimate of drug-likeness (QED) is 0.694. The highest BCUT2D eigenvalue weighted by molar-refractivity contribution is 6.03. The van der Waals surface area contributed by atoms with Crippen molar-refractivity contribution in [2.75, 3.05) is 17.7 Å². The van der Waals surface area contributed by atoms with E-state index in [0.29, 0.717) is 23.8 Å². The molecule has 1 heterocycles. The smallest absolute Gasteiger partial charge is 0.276 e. The minimum atomic E-state index is -0.378. The van der Waals surface area contributed by atoms with Crippen LogP contribution in [-0.2, 0) is 6.54 Å². The Labute approximate surface area is 156 Å². The molecule has 2 aromatic carbocycles. The topological polar surface area (TPSA) is 76.1 Å². The van der Waals surface area contributed by atoms with Gasteiger partial charge in [-0.05, 0) is 54.4 Å². The average Bonchev–Trinajstić information content (AvgIpc) is 2.68. The summed E-state index contributed by atoms with van der Waals surface area (Å²) in [6, 6.07) is 14.9. The molecule has 0 atom stereocenters. The molecule has 0 saturated heterocycles. The first-order chi connectivity index (χ1) is 13.0. The molecule has 0 spiro atoms. The molecule has 7 heteroatoms. The monoisotopic (exact) mass is 366 g/mol. The second-order valence-electron chi connectivity index (χ2n) is 5.94. The maximum atomic E-state index is 12.9. The maximum Gasteiger partial charge on any atom is 0.276 e. The van der Waals surface area contributed by atoms with Crippen LogP contribution >= 0.6 is 0 Å². The highest BCUT2D eigenvalue weighted by Gasteiger charge is 2.12. The van der Waals surface area contributed by atoms with Crippen LogP contribution in [0, 0.1) is 12.7 Å². The van der Waals surface area contributed by atoms with E-state index in [1.54, 1.807) is 37.4 Å². The van der Waals surface area contributed by atoms with E-state index in [0.717, 1.165) is 11.1 Å². The molecule has 0 radical (unpaired) electrons. The van der Waals surface area contributed by atoms with Crippen LogP contribution in [0.25, 0.3) is 0 Å². The summed E-state index contributed by atoms with van der Waals surface area (Å²) in [5, 5.41) is 13.8. The zero-order valence-electron chi connectivity index (χ0n) is 15.0. The lowest BCUT2D eigenvalue weighted by atomic mass is 10.2. The van der Waals surface area contributed by atoms with E-state index in [4.69, 9.17) is 4.74 Å². The third kappa shape index (κ3) is 4.78. The lowest BCUT2D eigenvalue weighted by Gasteiger charge is -2.11. The Morgan fingerprint density at radius 1 is 1.07 bits per heavy atom. The molecule has 138 valence electrons. The third-order valence-electron chi connectivity index (χ3n) is 3.89. The molecule has 0 aliphatic rings. The number of hydrogen-bond donors (Lipinski definition) is 2. The van der Waals surface area contributed by atoms with Crippen LogP contribution in [-0.4, -0.2) is 23.2 Å². The normalized spacial score (nSPS) is 10.3. The number of aryl methyl sites for hydroxylation is 1. The van der Waals surface area contributed by atoms with Gasteiger partial charge < -0.3 is 15.4 Å². The largest absolute Gasteiger partial charge is 0.495 e. The number of benzene rings is 2. The molecule has 6 nitrogen and oxygen atoms in total. The van der Waals surface area contributed by atoms with Crippen LogP contribution in [0.15, 0.2) is 54.6 Å². The summed E-state index contributed by atoms with van der Waals surface area (Å²) < 4.78 is 18.2. The van der Waals surface area contributed by atoms with Crippen LogP contribution in [0.4, 0.5) is 15.9 Å². The van der Waals surface area contributed by atoms with Crippen LogP contribution in [0.2, 0.25) is 0 Å². The summed E-state index contributed by atoms with van der Waals surface area (Å²) in [5.74, 6) is 0.430. The molecule has 27 heavy (non-hydrogen) atoms. The molecule has 3 aromatic rings. The Bertz CT molecular complexity index is 928. The first-order valence-electron chi connectivity index (χ1n) is 8.33. The van der Waals surface area contributed by atoms with Gasteiger partial charge in [-0.2, -0.15) is 0 Å². The van der Waals surface area contributed by atoms with E-state index in [-0.39, 0.29) is 17.4 Å². The first kappa shape index (κ1) is 18.3. The van der Waals surface area contributed by atoms with Crippen molar-refractivity contribution < 1.29 is 13.9 Å². The molecule has 0 saturated carbocycles. The molecule has 0 aliphatic carbocycles. The van der Waals surface area contributed by atoms with Crippen molar-refractivity contribution in [2.24, 2.45) is 0 Å². The Balaban J connectivity index is 1.63. The van der Waals surface area contributed by atoms with Gasteiger partial charge in [0.15, 0.2) is 5.69 Å².